The summed E-state index contributed by atoms with van der Waals surface area (Å²) < 4.78 is 5.54. The molecule has 0 aromatic heterocycles. The lowest BCUT2D eigenvalue weighted by Gasteiger charge is -2.21. The molecule has 0 heterocycles. The Hall–Kier alpha value is -1.95. The van der Waals surface area contributed by atoms with Gasteiger partial charge in [-0.05, 0) is 62.2 Å². The Bertz CT molecular complexity index is 593. The van der Waals surface area contributed by atoms with E-state index in [1.54, 1.807) is 38.1 Å². The van der Waals surface area contributed by atoms with Crippen LogP contribution in [0.5, 0.6) is 0 Å². The average molecular weight is 348 g/mol. The van der Waals surface area contributed by atoms with E-state index in [1.165, 1.54) is 6.42 Å². The number of hydrogen-bond donors (Lipinski definition) is 2. The van der Waals surface area contributed by atoms with Crippen molar-refractivity contribution in [2.24, 2.45) is 5.92 Å². The van der Waals surface area contributed by atoms with Crippen LogP contribution in [-0.2, 0) is 9.53 Å². The molecule has 5 nitrogen and oxygen atoms in total. The minimum atomic E-state index is -0.288. The van der Waals surface area contributed by atoms with Crippen LogP contribution in [0, 0.1) is 5.92 Å². The number of amides is 1. The number of esters is 1. The van der Waals surface area contributed by atoms with Gasteiger partial charge in [0.2, 0.25) is 5.91 Å². The van der Waals surface area contributed by atoms with Crippen molar-refractivity contribution in [2.75, 3.05) is 5.32 Å². The molecule has 24 heavy (non-hydrogen) atoms. The topological polar surface area (TPSA) is 67.4 Å². The fourth-order valence-corrected chi connectivity index (χ4v) is 2.73. The zero-order valence-corrected chi connectivity index (χ0v) is 14.9. The molecule has 0 bridgehead atoms. The van der Waals surface area contributed by atoms with Crippen molar-refractivity contribution in [3.8, 4) is 0 Å². The van der Waals surface area contributed by atoms with Crippen molar-refractivity contribution in [2.45, 2.75) is 52.1 Å². The minimum Gasteiger partial charge on any atom is -0.459 e. The lowest BCUT2D eigenvalue weighted by atomic mass is 9.98. The quantitative estimate of drug-likeness (QED) is 0.642. The van der Waals surface area contributed by atoms with Crippen molar-refractivity contribution < 1.29 is 14.3 Å². The maximum Gasteiger partial charge on any atom is 0.338 e. The Morgan fingerprint density at radius 1 is 1.12 bits per heavy atom. The third kappa shape index (κ3) is 5.60. The first-order valence-corrected chi connectivity index (χ1v) is 8.79. The zero-order valence-electron chi connectivity index (χ0n) is 14.1. The van der Waals surface area contributed by atoms with E-state index in [9.17, 15) is 9.59 Å². The van der Waals surface area contributed by atoms with Gasteiger partial charge >= 0.3 is 5.97 Å². The van der Waals surface area contributed by atoms with Crippen molar-refractivity contribution in [3.63, 3.8) is 0 Å². The number of anilines is 1. The summed E-state index contributed by atoms with van der Waals surface area (Å²) in [5.74, 6) is -0.564. The first-order valence-electron chi connectivity index (χ1n) is 8.38. The van der Waals surface area contributed by atoms with Crippen molar-refractivity contribution >= 4 is 34.9 Å². The van der Waals surface area contributed by atoms with Crippen LogP contribution in [0.25, 0.3) is 0 Å². The van der Waals surface area contributed by atoms with Gasteiger partial charge in [-0.2, -0.15) is 0 Å². The molecular formula is C18H24N2O3S. The highest BCUT2D eigenvalue weighted by Crippen LogP contribution is 2.21. The second-order valence-corrected chi connectivity index (χ2v) is 6.75. The van der Waals surface area contributed by atoms with Crippen LogP contribution >= 0.6 is 12.2 Å². The third-order valence-corrected chi connectivity index (χ3v) is 4.17. The molecule has 0 aliphatic heterocycles. The van der Waals surface area contributed by atoms with Crippen LogP contribution in [0.4, 0.5) is 5.69 Å². The van der Waals surface area contributed by atoms with Crippen molar-refractivity contribution in [1.82, 2.24) is 5.32 Å². The summed E-state index contributed by atoms with van der Waals surface area (Å²) in [4.78, 5) is 23.7. The number of benzene rings is 1. The van der Waals surface area contributed by atoms with Gasteiger partial charge < -0.3 is 15.4 Å². The molecule has 1 saturated carbocycles. The number of ether oxygens (including phenoxy) is 1. The predicted molar refractivity (Wildman–Crippen MR) is 97.9 cm³/mol. The van der Waals surface area contributed by atoms with Crippen LogP contribution in [0.1, 0.15) is 56.3 Å². The maximum absolute atomic E-state index is 12.1. The summed E-state index contributed by atoms with van der Waals surface area (Å²) in [5.41, 5.74) is 1.22. The first kappa shape index (κ1) is 18.4. The standard InChI is InChI=1S/C18H24N2O3S/c1-12(2)16(21)20-18(24)19-14-10-8-13(9-11-14)17(22)23-15-6-4-3-5-7-15/h8-12,15H,3-7H2,1-2H3,(H2,19,20,21,24). The third-order valence-electron chi connectivity index (χ3n) is 3.97. The van der Waals surface area contributed by atoms with E-state index in [-0.39, 0.29) is 29.0 Å². The number of rotatable bonds is 4. The van der Waals surface area contributed by atoms with Gasteiger partial charge in [0, 0.05) is 11.6 Å². The Balaban J connectivity index is 1.86. The molecule has 1 aliphatic carbocycles. The monoisotopic (exact) mass is 348 g/mol. The van der Waals surface area contributed by atoms with Gasteiger partial charge in [0.1, 0.15) is 6.10 Å². The molecule has 1 aromatic carbocycles. The number of nitrogens with one attached hydrogen (secondary N) is 2. The molecular weight excluding hydrogens is 324 g/mol. The van der Waals surface area contributed by atoms with E-state index in [2.05, 4.69) is 10.6 Å². The van der Waals surface area contributed by atoms with E-state index >= 15 is 0 Å². The highest BCUT2D eigenvalue weighted by atomic mass is 32.1. The molecule has 0 unspecified atom stereocenters. The SMILES string of the molecule is CC(C)C(=O)NC(=S)Nc1ccc(C(=O)OC2CCCCC2)cc1. The van der Waals surface area contributed by atoms with Gasteiger partial charge in [0.05, 0.1) is 5.56 Å². The molecule has 1 aliphatic rings. The zero-order chi connectivity index (χ0) is 17.5. The van der Waals surface area contributed by atoms with Crippen LogP contribution in [0.3, 0.4) is 0 Å². The summed E-state index contributed by atoms with van der Waals surface area (Å²) in [6, 6.07) is 6.87. The largest absolute Gasteiger partial charge is 0.459 e. The van der Waals surface area contributed by atoms with Gasteiger partial charge in [0.25, 0.3) is 0 Å². The van der Waals surface area contributed by atoms with Gasteiger partial charge in [0.15, 0.2) is 5.11 Å². The average Bonchev–Trinajstić information content (AvgIpc) is 2.56. The molecule has 0 atom stereocenters. The minimum absolute atomic E-state index is 0.0443. The summed E-state index contributed by atoms with van der Waals surface area (Å²) in [6.07, 6.45) is 5.43. The lowest BCUT2D eigenvalue weighted by Crippen LogP contribution is -2.36. The summed E-state index contributed by atoms with van der Waals surface area (Å²) in [7, 11) is 0. The maximum atomic E-state index is 12.1. The van der Waals surface area contributed by atoms with Gasteiger partial charge in [-0.25, -0.2) is 4.79 Å². The van der Waals surface area contributed by atoms with E-state index in [1.807, 2.05) is 0 Å². The number of hydrogen-bond acceptors (Lipinski definition) is 4. The van der Waals surface area contributed by atoms with Crippen LogP contribution in [0.2, 0.25) is 0 Å². The Labute approximate surface area is 148 Å². The fraction of sp³-hybridized carbons (Fsp3) is 0.500. The molecule has 0 saturated heterocycles. The number of carbonyl (C=O) groups excluding carboxylic acids is 2. The Kier molecular flexibility index (Phi) is 6.73. The van der Waals surface area contributed by atoms with Crippen molar-refractivity contribution in [1.29, 1.82) is 0 Å². The summed E-state index contributed by atoms with van der Waals surface area (Å²) in [5, 5.41) is 5.77. The van der Waals surface area contributed by atoms with E-state index < -0.39 is 0 Å². The number of thiocarbonyl (C=S) groups is 1. The second kappa shape index (κ2) is 8.78. The van der Waals surface area contributed by atoms with Gasteiger partial charge in [-0.3, -0.25) is 4.79 Å². The molecule has 6 heteroatoms. The van der Waals surface area contributed by atoms with E-state index in [0.29, 0.717) is 11.3 Å². The Morgan fingerprint density at radius 3 is 2.33 bits per heavy atom. The number of carbonyl (C=O) groups is 2. The normalized spacial score (nSPS) is 15.0. The fourth-order valence-electron chi connectivity index (χ4n) is 2.51. The highest BCUT2D eigenvalue weighted by Gasteiger charge is 2.18. The molecule has 130 valence electrons. The smallest absolute Gasteiger partial charge is 0.338 e. The van der Waals surface area contributed by atoms with Crippen molar-refractivity contribution in [3.05, 3.63) is 29.8 Å². The van der Waals surface area contributed by atoms with E-state index in [0.717, 1.165) is 25.7 Å². The molecule has 1 fully saturated rings. The predicted octanol–water partition coefficient (Wildman–Crippen LogP) is 3.65. The van der Waals surface area contributed by atoms with Crippen LogP contribution in [-0.4, -0.2) is 23.1 Å². The highest BCUT2D eigenvalue weighted by molar-refractivity contribution is 7.80. The molecule has 1 aromatic rings. The van der Waals surface area contributed by atoms with Crippen LogP contribution < -0.4 is 10.6 Å². The molecule has 0 spiro atoms. The van der Waals surface area contributed by atoms with Gasteiger partial charge in [-0.1, -0.05) is 20.3 Å². The Morgan fingerprint density at radius 2 is 1.75 bits per heavy atom. The summed E-state index contributed by atoms with van der Waals surface area (Å²) in [6.45, 7) is 3.59. The molecule has 0 radical (unpaired) electrons. The lowest BCUT2D eigenvalue weighted by molar-refractivity contribution is -0.122. The van der Waals surface area contributed by atoms with Crippen LogP contribution in [0.15, 0.2) is 24.3 Å². The second-order valence-electron chi connectivity index (χ2n) is 6.34. The first-order chi connectivity index (χ1) is 11.5. The molecule has 1 amide bonds. The van der Waals surface area contributed by atoms with E-state index in [4.69, 9.17) is 17.0 Å². The van der Waals surface area contributed by atoms with Gasteiger partial charge in [-0.15, -0.1) is 0 Å². The molecule has 2 N–H and O–H groups in total. The summed E-state index contributed by atoms with van der Waals surface area (Å²) >= 11 is 5.09. The molecule has 2 rings (SSSR count).